The third kappa shape index (κ3) is 3.72. The molecule has 1 aromatic rings. The number of hydrogen-bond acceptors (Lipinski definition) is 3. The van der Waals surface area contributed by atoms with Gasteiger partial charge < -0.3 is 15.2 Å². The highest BCUT2D eigenvalue weighted by molar-refractivity contribution is 5.34. The molecule has 2 atom stereocenters. The van der Waals surface area contributed by atoms with E-state index >= 15 is 0 Å². The number of rotatable bonds is 6. The quantitative estimate of drug-likeness (QED) is 0.842. The van der Waals surface area contributed by atoms with E-state index in [1.165, 1.54) is 5.56 Å². The zero-order chi connectivity index (χ0) is 12.8. The predicted molar refractivity (Wildman–Crippen MR) is 72.8 cm³/mol. The van der Waals surface area contributed by atoms with Crippen molar-refractivity contribution in [2.75, 3.05) is 19.8 Å². The monoisotopic (exact) mass is 249 g/mol. The first-order valence-corrected chi connectivity index (χ1v) is 6.83. The molecule has 2 rings (SSSR count). The van der Waals surface area contributed by atoms with E-state index in [2.05, 4.69) is 13.0 Å². The molecule has 100 valence electrons. The summed E-state index contributed by atoms with van der Waals surface area (Å²) in [5.74, 6) is 1.52. The smallest absolute Gasteiger partial charge is 0.122 e. The molecule has 0 bridgehead atoms. The van der Waals surface area contributed by atoms with Crippen molar-refractivity contribution in [2.45, 2.75) is 32.2 Å². The highest BCUT2D eigenvalue weighted by atomic mass is 16.5. The lowest BCUT2D eigenvalue weighted by Crippen LogP contribution is -2.22. The fourth-order valence-electron chi connectivity index (χ4n) is 2.16. The lowest BCUT2D eigenvalue weighted by molar-refractivity contribution is 0.166. The number of para-hydroxylation sites is 1. The van der Waals surface area contributed by atoms with E-state index in [1.54, 1.807) is 0 Å². The van der Waals surface area contributed by atoms with Crippen LogP contribution in [0.25, 0.3) is 0 Å². The normalized spacial score (nSPS) is 20.9. The van der Waals surface area contributed by atoms with Gasteiger partial charge in [-0.05, 0) is 30.9 Å². The van der Waals surface area contributed by atoms with Crippen molar-refractivity contribution in [1.82, 2.24) is 0 Å². The highest BCUT2D eigenvalue weighted by Crippen LogP contribution is 2.22. The number of benzene rings is 1. The van der Waals surface area contributed by atoms with E-state index in [4.69, 9.17) is 15.2 Å². The van der Waals surface area contributed by atoms with Gasteiger partial charge in [-0.1, -0.05) is 25.1 Å². The lowest BCUT2D eigenvalue weighted by atomic mass is 10.0. The molecule has 0 aliphatic carbocycles. The summed E-state index contributed by atoms with van der Waals surface area (Å²) < 4.78 is 11.3. The van der Waals surface area contributed by atoms with E-state index in [0.717, 1.165) is 44.8 Å². The van der Waals surface area contributed by atoms with Gasteiger partial charge in [0.05, 0.1) is 13.2 Å². The van der Waals surface area contributed by atoms with Crippen molar-refractivity contribution >= 4 is 0 Å². The van der Waals surface area contributed by atoms with Crippen molar-refractivity contribution in [2.24, 2.45) is 11.7 Å². The van der Waals surface area contributed by atoms with Gasteiger partial charge in [-0.15, -0.1) is 0 Å². The summed E-state index contributed by atoms with van der Waals surface area (Å²) in [6.45, 7) is 4.56. The van der Waals surface area contributed by atoms with Gasteiger partial charge in [0.2, 0.25) is 0 Å². The number of ether oxygens (including phenoxy) is 2. The molecule has 3 nitrogen and oxygen atoms in total. The second-order valence-corrected chi connectivity index (χ2v) is 5.02. The van der Waals surface area contributed by atoms with Crippen LogP contribution in [0.15, 0.2) is 24.3 Å². The Morgan fingerprint density at radius 2 is 2.28 bits per heavy atom. The minimum absolute atomic E-state index is 0.213. The molecule has 0 spiro atoms. The van der Waals surface area contributed by atoms with Crippen LogP contribution in [0.1, 0.15) is 25.3 Å². The van der Waals surface area contributed by atoms with Gasteiger partial charge in [-0.2, -0.15) is 0 Å². The SMILES string of the molecule is CCC(N)Cc1ccccc1OCC1CCOC1. The number of nitrogens with two attached hydrogens (primary N) is 1. The van der Waals surface area contributed by atoms with E-state index < -0.39 is 0 Å². The first kappa shape index (κ1) is 13.4. The van der Waals surface area contributed by atoms with Gasteiger partial charge in [-0.3, -0.25) is 0 Å². The Hall–Kier alpha value is -1.06. The summed E-state index contributed by atoms with van der Waals surface area (Å²) in [6.07, 6.45) is 2.98. The fourth-order valence-corrected chi connectivity index (χ4v) is 2.16. The summed E-state index contributed by atoms with van der Waals surface area (Å²) in [7, 11) is 0. The van der Waals surface area contributed by atoms with Crippen LogP contribution in [0.3, 0.4) is 0 Å². The minimum atomic E-state index is 0.213. The molecule has 1 heterocycles. The molecule has 3 heteroatoms. The van der Waals surface area contributed by atoms with Crippen LogP contribution in [-0.4, -0.2) is 25.9 Å². The van der Waals surface area contributed by atoms with Crippen molar-refractivity contribution in [3.8, 4) is 5.75 Å². The molecule has 1 fully saturated rings. The maximum absolute atomic E-state index is 6.02. The van der Waals surface area contributed by atoms with Crippen LogP contribution < -0.4 is 10.5 Å². The molecule has 1 saturated heterocycles. The average molecular weight is 249 g/mol. The molecule has 2 N–H and O–H groups in total. The van der Waals surface area contributed by atoms with Crippen LogP contribution in [0.4, 0.5) is 0 Å². The third-order valence-corrected chi connectivity index (χ3v) is 3.48. The summed E-state index contributed by atoms with van der Waals surface area (Å²) in [5, 5.41) is 0. The molecule has 0 saturated carbocycles. The van der Waals surface area contributed by atoms with Crippen LogP contribution >= 0.6 is 0 Å². The summed E-state index contributed by atoms with van der Waals surface area (Å²) >= 11 is 0. The van der Waals surface area contributed by atoms with Gasteiger partial charge in [0.15, 0.2) is 0 Å². The van der Waals surface area contributed by atoms with Crippen molar-refractivity contribution < 1.29 is 9.47 Å². The second kappa shape index (κ2) is 6.76. The Morgan fingerprint density at radius 1 is 1.44 bits per heavy atom. The van der Waals surface area contributed by atoms with E-state index in [9.17, 15) is 0 Å². The minimum Gasteiger partial charge on any atom is -0.493 e. The Labute approximate surface area is 109 Å². The van der Waals surface area contributed by atoms with Crippen molar-refractivity contribution in [3.63, 3.8) is 0 Å². The summed E-state index contributed by atoms with van der Waals surface area (Å²) in [5.41, 5.74) is 7.23. The average Bonchev–Trinajstić information content (AvgIpc) is 2.91. The third-order valence-electron chi connectivity index (χ3n) is 3.48. The van der Waals surface area contributed by atoms with E-state index in [1.807, 2.05) is 18.2 Å². The predicted octanol–water partition coefficient (Wildman–Crippen LogP) is 2.38. The van der Waals surface area contributed by atoms with Crippen molar-refractivity contribution in [3.05, 3.63) is 29.8 Å². The van der Waals surface area contributed by atoms with E-state index in [0.29, 0.717) is 5.92 Å². The molecule has 1 aliphatic heterocycles. The van der Waals surface area contributed by atoms with Gasteiger partial charge >= 0.3 is 0 Å². The molecule has 1 aliphatic rings. The molecule has 1 aromatic carbocycles. The Balaban J connectivity index is 1.93. The zero-order valence-corrected chi connectivity index (χ0v) is 11.1. The maximum Gasteiger partial charge on any atom is 0.122 e. The summed E-state index contributed by atoms with van der Waals surface area (Å²) in [6, 6.07) is 8.42. The Morgan fingerprint density at radius 3 is 3.00 bits per heavy atom. The highest BCUT2D eigenvalue weighted by Gasteiger charge is 2.17. The van der Waals surface area contributed by atoms with Gasteiger partial charge in [0, 0.05) is 18.6 Å². The fraction of sp³-hybridized carbons (Fsp3) is 0.600. The lowest BCUT2D eigenvalue weighted by Gasteiger charge is -2.16. The molecule has 18 heavy (non-hydrogen) atoms. The molecule has 0 amide bonds. The molecule has 2 unspecified atom stereocenters. The van der Waals surface area contributed by atoms with Gasteiger partial charge in [0.25, 0.3) is 0 Å². The summed E-state index contributed by atoms with van der Waals surface area (Å²) in [4.78, 5) is 0. The second-order valence-electron chi connectivity index (χ2n) is 5.02. The topological polar surface area (TPSA) is 44.5 Å². The number of hydrogen-bond donors (Lipinski definition) is 1. The van der Waals surface area contributed by atoms with E-state index in [-0.39, 0.29) is 6.04 Å². The molecule has 0 radical (unpaired) electrons. The Bertz CT molecular complexity index is 361. The van der Waals surface area contributed by atoms with Gasteiger partial charge in [-0.25, -0.2) is 0 Å². The van der Waals surface area contributed by atoms with Crippen LogP contribution in [0, 0.1) is 5.92 Å². The van der Waals surface area contributed by atoms with Gasteiger partial charge in [0.1, 0.15) is 5.75 Å². The van der Waals surface area contributed by atoms with Crippen molar-refractivity contribution in [1.29, 1.82) is 0 Å². The van der Waals surface area contributed by atoms with Crippen LogP contribution in [0.5, 0.6) is 5.75 Å². The van der Waals surface area contributed by atoms with Crippen LogP contribution in [0.2, 0.25) is 0 Å². The first-order chi connectivity index (χ1) is 8.79. The Kier molecular flexibility index (Phi) is 5.02. The largest absolute Gasteiger partial charge is 0.493 e. The van der Waals surface area contributed by atoms with Crippen LogP contribution in [-0.2, 0) is 11.2 Å². The zero-order valence-electron chi connectivity index (χ0n) is 11.1. The first-order valence-electron chi connectivity index (χ1n) is 6.83. The standard InChI is InChI=1S/C15H23NO2/c1-2-14(16)9-13-5-3-4-6-15(13)18-11-12-7-8-17-10-12/h3-6,12,14H,2,7-11,16H2,1H3. The maximum atomic E-state index is 6.02. The molecular weight excluding hydrogens is 226 g/mol. The molecule has 0 aromatic heterocycles. The molecular formula is C15H23NO2.